The number of hydrogen-bond donors (Lipinski definition) is 2. The van der Waals surface area contributed by atoms with Crippen LogP contribution < -0.4 is 5.32 Å². The van der Waals surface area contributed by atoms with Gasteiger partial charge in [0, 0.05) is 13.0 Å². The molecule has 0 spiro atoms. The van der Waals surface area contributed by atoms with Crippen LogP contribution >= 0.6 is 0 Å². The number of ether oxygens (including phenoxy) is 1. The maximum atomic E-state index is 12.9. The van der Waals surface area contributed by atoms with Crippen LogP contribution in [0.4, 0.5) is 4.79 Å². The van der Waals surface area contributed by atoms with Crippen LogP contribution in [0.5, 0.6) is 0 Å². The van der Waals surface area contributed by atoms with E-state index < -0.39 is 30.1 Å². The number of nitrogens with one attached hydrogen (secondary N) is 1. The summed E-state index contributed by atoms with van der Waals surface area (Å²) < 4.78 is 5.57. The molecular formula is C24H28N2O5. The number of rotatable bonds is 8. The predicted molar refractivity (Wildman–Crippen MR) is 117 cm³/mol. The standard InChI is InChI=1S/C24H28N2O5/c1-4-24(5-2,22(29)26(3)14-21(27)28)25-23(30)31-15-20-18-12-8-6-10-16(18)17-11-7-9-13-19(17)20/h6-13,20H,4-5,14-15H2,1-3H3,(H,25,30)(H,27,28). The highest BCUT2D eigenvalue weighted by molar-refractivity contribution is 5.91. The summed E-state index contributed by atoms with van der Waals surface area (Å²) in [6.45, 7) is 3.26. The van der Waals surface area contributed by atoms with Gasteiger partial charge in [0.2, 0.25) is 5.91 Å². The van der Waals surface area contributed by atoms with Crippen molar-refractivity contribution in [2.45, 2.75) is 38.1 Å². The number of likely N-dealkylation sites (N-methyl/N-ethyl adjacent to an activating group) is 1. The summed E-state index contributed by atoms with van der Waals surface area (Å²) in [4.78, 5) is 37.7. The van der Waals surface area contributed by atoms with Crippen LogP contribution in [-0.4, -0.2) is 53.7 Å². The minimum Gasteiger partial charge on any atom is -0.480 e. The molecule has 2 aromatic rings. The number of carboxylic acid groups (broad SMARTS) is 1. The van der Waals surface area contributed by atoms with Crippen LogP contribution in [0.15, 0.2) is 48.5 Å². The molecular weight excluding hydrogens is 396 g/mol. The average molecular weight is 424 g/mol. The van der Waals surface area contributed by atoms with Gasteiger partial charge in [-0.2, -0.15) is 0 Å². The fourth-order valence-corrected chi connectivity index (χ4v) is 4.25. The number of nitrogens with zero attached hydrogens (tertiary/aromatic N) is 1. The SMILES string of the molecule is CCC(CC)(NC(=O)OCC1c2ccccc2-c2ccccc21)C(=O)N(C)CC(=O)O. The van der Waals surface area contributed by atoms with Crippen LogP contribution in [-0.2, 0) is 14.3 Å². The van der Waals surface area contributed by atoms with Crippen LogP contribution in [0.25, 0.3) is 11.1 Å². The van der Waals surface area contributed by atoms with Crippen molar-refractivity contribution < 1.29 is 24.2 Å². The lowest BCUT2D eigenvalue weighted by Crippen LogP contribution is -2.59. The van der Waals surface area contributed by atoms with Gasteiger partial charge in [-0.05, 0) is 35.1 Å². The minimum absolute atomic E-state index is 0.0822. The van der Waals surface area contributed by atoms with Gasteiger partial charge in [-0.15, -0.1) is 0 Å². The molecule has 0 fully saturated rings. The monoisotopic (exact) mass is 424 g/mol. The first-order valence-electron chi connectivity index (χ1n) is 10.4. The van der Waals surface area contributed by atoms with Crippen molar-refractivity contribution in [3.63, 3.8) is 0 Å². The highest BCUT2D eigenvalue weighted by Crippen LogP contribution is 2.44. The van der Waals surface area contributed by atoms with Crippen LogP contribution in [0, 0.1) is 0 Å². The number of fused-ring (bicyclic) bond motifs is 3. The number of carbonyl (C=O) groups is 3. The Balaban J connectivity index is 1.73. The number of benzene rings is 2. The lowest BCUT2D eigenvalue weighted by molar-refractivity contribution is -0.146. The molecule has 3 rings (SSSR count). The third-order valence-electron chi connectivity index (χ3n) is 6.02. The molecule has 7 heteroatoms. The Morgan fingerprint density at radius 2 is 1.52 bits per heavy atom. The Bertz CT molecular complexity index is 938. The summed E-state index contributed by atoms with van der Waals surface area (Å²) in [7, 11) is 1.41. The molecule has 0 radical (unpaired) electrons. The Morgan fingerprint density at radius 1 is 1.00 bits per heavy atom. The van der Waals surface area contributed by atoms with Crippen molar-refractivity contribution in [1.82, 2.24) is 10.2 Å². The van der Waals surface area contributed by atoms with Crippen LogP contribution in [0.3, 0.4) is 0 Å². The van der Waals surface area contributed by atoms with Gasteiger partial charge in [0.25, 0.3) is 0 Å². The fraction of sp³-hybridized carbons (Fsp3) is 0.375. The molecule has 0 unspecified atom stereocenters. The van der Waals surface area contributed by atoms with Gasteiger partial charge in [0.1, 0.15) is 18.7 Å². The van der Waals surface area contributed by atoms with Crippen LogP contribution in [0.2, 0.25) is 0 Å². The van der Waals surface area contributed by atoms with Gasteiger partial charge >= 0.3 is 12.1 Å². The molecule has 0 atom stereocenters. The number of carboxylic acids is 1. The van der Waals surface area contributed by atoms with E-state index in [1.807, 2.05) is 36.4 Å². The van der Waals surface area contributed by atoms with Gasteiger partial charge in [-0.25, -0.2) is 4.79 Å². The first-order chi connectivity index (χ1) is 14.8. The van der Waals surface area contributed by atoms with E-state index in [0.717, 1.165) is 27.2 Å². The Kier molecular flexibility index (Phi) is 6.63. The quantitative estimate of drug-likeness (QED) is 0.675. The number of alkyl carbamates (subject to hydrolysis) is 1. The second kappa shape index (κ2) is 9.20. The van der Waals surface area contributed by atoms with E-state index in [2.05, 4.69) is 17.4 Å². The maximum absolute atomic E-state index is 12.9. The number of aliphatic carboxylic acids is 1. The van der Waals surface area contributed by atoms with Crippen LogP contribution in [0.1, 0.15) is 43.7 Å². The van der Waals surface area contributed by atoms with Gasteiger partial charge in [0.05, 0.1) is 0 Å². The molecule has 0 saturated heterocycles. The second-order valence-corrected chi connectivity index (χ2v) is 7.79. The van der Waals surface area contributed by atoms with E-state index in [9.17, 15) is 14.4 Å². The van der Waals surface area contributed by atoms with Crippen molar-refractivity contribution in [2.24, 2.45) is 0 Å². The molecule has 2 amide bonds. The maximum Gasteiger partial charge on any atom is 0.408 e. The molecule has 0 saturated carbocycles. The third-order valence-corrected chi connectivity index (χ3v) is 6.02. The first-order valence-corrected chi connectivity index (χ1v) is 10.4. The molecule has 164 valence electrons. The predicted octanol–water partition coefficient (Wildman–Crippen LogP) is 3.63. The molecule has 0 aliphatic heterocycles. The second-order valence-electron chi connectivity index (χ2n) is 7.79. The van der Waals surface area contributed by atoms with Gasteiger partial charge in [0.15, 0.2) is 0 Å². The summed E-state index contributed by atoms with van der Waals surface area (Å²) in [5.74, 6) is -1.65. The molecule has 1 aliphatic rings. The van der Waals surface area contributed by atoms with Crippen molar-refractivity contribution in [2.75, 3.05) is 20.2 Å². The molecule has 2 aromatic carbocycles. The molecule has 1 aliphatic carbocycles. The zero-order valence-electron chi connectivity index (χ0n) is 18.1. The zero-order valence-corrected chi connectivity index (χ0v) is 18.1. The first kappa shape index (κ1) is 22.3. The molecule has 7 nitrogen and oxygen atoms in total. The van der Waals surface area contributed by atoms with Gasteiger partial charge < -0.3 is 20.1 Å². The van der Waals surface area contributed by atoms with Crippen molar-refractivity contribution >= 4 is 18.0 Å². The molecule has 0 aromatic heterocycles. The smallest absolute Gasteiger partial charge is 0.408 e. The lowest BCUT2D eigenvalue weighted by Gasteiger charge is -2.34. The average Bonchev–Trinajstić information content (AvgIpc) is 3.09. The highest BCUT2D eigenvalue weighted by Gasteiger charge is 2.40. The Morgan fingerprint density at radius 3 is 2.00 bits per heavy atom. The van der Waals surface area contributed by atoms with E-state index in [0.29, 0.717) is 12.8 Å². The van der Waals surface area contributed by atoms with E-state index in [-0.39, 0.29) is 12.5 Å². The van der Waals surface area contributed by atoms with Crippen molar-refractivity contribution in [3.05, 3.63) is 59.7 Å². The lowest BCUT2D eigenvalue weighted by atomic mass is 9.91. The number of amides is 2. The molecule has 2 N–H and O–H groups in total. The fourth-order valence-electron chi connectivity index (χ4n) is 4.25. The Labute approximate surface area is 182 Å². The summed E-state index contributed by atoms with van der Waals surface area (Å²) in [5, 5.41) is 11.7. The summed E-state index contributed by atoms with van der Waals surface area (Å²) in [6, 6.07) is 16.1. The minimum atomic E-state index is -1.22. The van der Waals surface area contributed by atoms with Gasteiger partial charge in [-0.1, -0.05) is 62.4 Å². The summed E-state index contributed by atoms with van der Waals surface area (Å²) in [6.07, 6.45) is -0.0601. The normalized spacial score (nSPS) is 12.6. The topological polar surface area (TPSA) is 95.9 Å². The van der Waals surface area contributed by atoms with Crippen molar-refractivity contribution in [3.8, 4) is 11.1 Å². The highest BCUT2D eigenvalue weighted by atomic mass is 16.5. The number of hydrogen-bond acceptors (Lipinski definition) is 4. The zero-order chi connectivity index (χ0) is 22.6. The Hall–Kier alpha value is -3.35. The van der Waals surface area contributed by atoms with E-state index >= 15 is 0 Å². The molecule has 31 heavy (non-hydrogen) atoms. The van der Waals surface area contributed by atoms with Gasteiger partial charge in [-0.3, -0.25) is 9.59 Å². The summed E-state index contributed by atoms with van der Waals surface area (Å²) >= 11 is 0. The molecule has 0 bridgehead atoms. The number of carbonyl (C=O) groups excluding carboxylic acids is 2. The molecule has 0 heterocycles. The third kappa shape index (κ3) is 4.40. The van der Waals surface area contributed by atoms with Crippen molar-refractivity contribution in [1.29, 1.82) is 0 Å². The largest absolute Gasteiger partial charge is 0.480 e. The van der Waals surface area contributed by atoms with E-state index in [4.69, 9.17) is 9.84 Å². The van der Waals surface area contributed by atoms with E-state index in [1.54, 1.807) is 13.8 Å². The summed E-state index contributed by atoms with van der Waals surface area (Å²) in [5.41, 5.74) is 3.26. The van der Waals surface area contributed by atoms with E-state index in [1.165, 1.54) is 7.05 Å².